The summed E-state index contributed by atoms with van der Waals surface area (Å²) in [6, 6.07) is 3.73. The van der Waals surface area contributed by atoms with Gasteiger partial charge in [-0.3, -0.25) is 9.78 Å². The Kier molecular flexibility index (Phi) is 3.67. The van der Waals surface area contributed by atoms with Crippen LogP contribution in [0.3, 0.4) is 0 Å². The van der Waals surface area contributed by atoms with E-state index in [2.05, 4.69) is 11.1 Å². The minimum Gasteiger partial charge on any atom is -0.397 e. The van der Waals surface area contributed by atoms with Crippen LogP contribution in [0.2, 0.25) is 0 Å². The molecule has 0 aromatic carbocycles. The van der Waals surface area contributed by atoms with Gasteiger partial charge in [0.1, 0.15) is 4.88 Å². The summed E-state index contributed by atoms with van der Waals surface area (Å²) in [6.07, 6.45) is 3.65. The Hall–Kier alpha value is -2.13. The molecule has 1 unspecified atom stereocenters. The molecule has 0 aliphatic heterocycles. The Bertz CT molecular complexity index is 658. The molecule has 1 atom stereocenters. The maximum atomic E-state index is 12.4. The molecular weight excluding hydrogens is 260 g/mol. The summed E-state index contributed by atoms with van der Waals surface area (Å²) < 4.78 is 0.893. The van der Waals surface area contributed by atoms with Crippen LogP contribution in [-0.2, 0) is 0 Å². The number of aromatic nitrogens is 1. The SMILES string of the molecule is CC(CC#N)N(C)C(=O)c1sc2cnccc2c1N. The lowest BCUT2D eigenvalue weighted by atomic mass is 10.2. The van der Waals surface area contributed by atoms with E-state index in [4.69, 9.17) is 11.0 Å². The molecular formula is C13H14N4OS. The van der Waals surface area contributed by atoms with Crippen molar-refractivity contribution < 1.29 is 4.79 Å². The first kappa shape index (κ1) is 13.3. The van der Waals surface area contributed by atoms with Crippen molar-refractivity contribution in [2.75, 3.05) is 12.8 Å². The summed E-state index contributed by atoms with van der Waals surface area (Å²) in [7, 11) is 1.69. The Morgan fingerprint density at radius 3 is 3.05 bits per heavy atom. The molecule has 2 aromatic rings. The largest absolute Gasteiger partial charge is 0.397 e. The van der Waals surface area contributed by atoms with E-state index in [1.807, 2.05) is 6.92 Å². The number of anilines is 1. The summed E-state index contributed by atoms with van der Waals surface area (Å²) in [5.74, 6) is -0.151. The summed E-state index contributed by atoms with van der Waals surface area (Å²) in [4.78, 5) is 18.5. The van der Waals surface area contributed by atoms with Gasteiger partial charge in [-0.05, 0) is 13.0 Å². The van der Waals surface area contributed by atoms with Crippen LogP contribution in [0.4, 0.5) is 5.69 Å². The van der Waals surface area contributed by atoms with Crippen molar-refractivity contribution in [1.82, 2.24) is 9.88 Å². The molecule has 0 radical (unpaired) electrons. The molecule has 19 heavy (non-hydrogen) atoms. The lowest BCUT2D eigenvalue weighted by molar-refractivity contribution is 0.0752. The number of amides is 1. The minimum absolute atomic E-state index is 0.139. The average Bonchev–Trinajstić information content (AvgIpc) is 2.75. The molecule has 6 heteroatoms. The van der Waals surface area contributed by atoms with Crippen LogP contribution < -0.4 is 5.73 Å². The van der Waals surface area contributed by atoms with Crippen molar-refractivity contribution in [1.29, 1.82) is 5.26 Å². The van der Waals surface area contributed by atoms with Gasteiger partial charge in [0.15, 0.2) is 0 Å². The maximum absolute atomic E-state index is 12.4. The zero-order valence-electron chi connectivity index (χ0n) is 10.8. The smallest absolute Gasteiger partial charge is 0.266 e. The fraction of sp³-hybridized carbons (Fsp3) is 0.308. The number of carbonyl (C=O) groups excluding carboxylic acids is 1. The van der Waals surface area contributed by atoms with Gasteiger partial charge in [-0.1, -0.05) is 0 Å². The zero-order valence-corrected chi connectivity index (χ0v) is 11.6. The van der Waals surface area contributed by atoms with Gasteiger partial charge < -0.3 is 10.6 Å². The molecule has 2 N–H and O–H groups in total. The highest BCUT2D eigenvalue weighted by Crippen LogP contribution is 2.33. The van der Waals surface area contributed by atoms with Crippen molar-refractivity contribution >= 4 is 33.0 Å². The van der Waals surface area contributed by atoms with Gasteiger partial charge in [0.05, 0.1) is 22.9 Å². The van der Waals surface area contributed by atoms with Crippen LogP contribution in [0.5, 0.6) is 0 Å². The van der Waals surface area contributed by atoms with Gasteiger partial charge in [0.25, 0.3) is 5.91 Å². The monoisotopic (exact) mass is 274 g/mol. The van der Waals surface area contributed by atoms with E-state index in [-0.39, 0.29) is 11.9 Å². The number of hydrogen-bond donors (Lipinski definition) is 1. The van der Waals surface area contributed by atoms with Crippen molar-refractivity contribution in [3.05, 3.63) is 23.3 Å². The van der Waals surface area contributed by atoms with E-state index in [9.17, 15) is 4.79 Å². The predicted octanol–water partition coefficient (Wildman–Crippen LogP) is 2.25. The fourth-order valence-electron chi connectivity index (χ4n) is 1.76. The molecule has 2 rings (SSSR count). The van der Waals surface area contributed by atoms with Crippen LogP contribution in [0.15, 0.2) is 18.5 Å². The molecule has 0 bridgehead atoms. The third-order valence-corrected chi connectivity index (χ3v) is 4.24. The second-order valence-electron chi connectivity index (χ2n) is 4.34. The van der Waals surface area contributed by atoms with Crippen molar-refractivity contribution in [3.8, 4) is 6.07 Å². The quantitative estimate of drug-likeness (QED) is 0.930. The highest BCUT2D eigenvalue weighted by Gasteiger charge is 2.22. The Balaban J connectivity index is 2.37. The van der Waals surface area contributed by atoms with Gasteiger partial charge in [-0.15, -0.1) is 11.3 Å². The normalized spacial score (nSPS) is 12.1. The topological polar surface area (TPSA) is 83.0 Å². The summed E-state index contributed by atoms with van der Waals surface area (Å²) in [5, 5.41) is 9.54. The molecule has 0 saturated carbocycles. The van der Waals surface area contributed by atoms with Crippen LogP contribution in [0.1, 0.15) is 23.0 Å². The van der Waals surface area contributed by atoms with E-state index in [1.165, 1.54) is 11.3 Å². The third kappa shape index (κ3) is 2.37. The molecule has 0 aliphatic carbocycles. The van der Waals surface area contributed by atoms with Crippen molar-refractivity contribution in [2.24, 2.45) is 0 Å². The summed E-state index contributed by atoms with van der Waals surface area (Å²) in [6.45, 7) is 1.84. The van der Waals surface area contributed by atoms with Gasteiger partial charge in [0, 0.05) is 30.9 Å². The predicted molar refractivity (Wildman–Crippen MR) is 75.8 cm³/mol. The number of nitrogen functional groups attached to an aromatic ring is 1. The van der Waals surface area contributed by atoms with E-state index in [0.29, 0.717) is 17.0 Å². The highest BCUT2D eigenvalue weighted by atomic mass is 32.1. The van der Waals surface area contributed by atoms with E-state index in [0.717, 1.165) is 10.1 Å². The van der Waals surface area contributed by atoms with Crippen LogP contribution in [0, 0.1) is 11.3 Å². The molecule has 2 heterocycles. The second kappa shape index (κ2) is 5.24. The number of rotatable bonds is 3. The number of carbonyl (C=O) groups is 1. The first-order valence-electron chi connectivity index (χ1n) is 5.82. The minimum atomic E-state index is -0.151. The van der Waals surface area contributed by atoms with Crippen LogP contribution >= 0.6 is 11.3 Å². The lowest BCUT2D eigenvalue weighted by Gasteiger charge is -2.22. The van der Waals surface area contributed by atoms with Gasteiger partial charge in [-0.2, -0.15) is 5.26 Å². The number of nitrogens with zero attached hydrogens (tertiary/aromatic N) is 3. The molecule has 1 amide bonds. The lowest BCUT2D eigenvalue weighted by Crippen LogP contribution is -2.34. The first-order chi connectivity index (χ1) is 9.06. The Morgan fingerprint density at radius 2 is 2.42 bits per heavy atom. The summed E-state index contributed by atoms with van der Waals surface area (Å²) in [5.41, 5.74) is 6.51. The molecule has 0 spiro atoms. The molecule has 2 aromatic heterocycles. The standard InChI is InChI=1S/C13H14N4OS/c1-8(3-5-14)17(2)13(18)12-11(15)9-4-6-16-7-10(9)19-12/h4,6-8H,3,15H2,1-2H3. The highest BCUT2D eigenvalue weighted by molar-refractivity contribution is 7.21. The van der Waals surface area contributed by atoms with Gasteiger partial charge in [0.2, 0.25) is 0 Å². The van der Waals surface area contributed by atoms with Gasteiger partial charge >= 0.3 is 0 Å². The molecule has 0 fully saturated rings. The zero-order chi connectivity index (χ0) is 14.0. The molecule has 0 aliphatic rings. The number of pyridine rings is 1. The number of hydrogen-bond acceptors (Lipinski definition) is 5. The second-order valence-corrected chi connectivity index (χ2v) is 5.40. The molecule has 0 saturated heterocycles. The van der Waals surface area contributed by atoms with Crippen LogP contribution in [-0.4, -0.2) is 28.9 Å². The van der Waals surface area contributed by atoms with E-state index < -0.39 is 0 Å². The average molecular weight is 274 g/mol. The van der Waals surface area contributed by atoms with Crippen LogP contribution in [0.25, 0.3) is 10.1 Å². The number of fused-ring (bicyclic) bond motifs is 1. The number of thiophene rings is 1. The van der Waals surface area contributed by atoms with E-state index >= 15 is 0 Å². The third-order valence-electron chi connectivity index (χ3n) is 3.09. The van der Waals surface area contributed by atoms with Crippen molar-refractivity contribution in [2.45, 2.75) is 19.4 Å². The van der Waals surface area contributed by atoms with Gasteiger partial charge in [-0.25, -0.2) is 0 Å². The number of nitrogens with two attached hydrogens (primary N) is 1. The Morgan fingerprint density at radius 1 is 1.68 bits per heavy atom. The molecule has 5 nitrogen and oxygen atoms in total. The fourth-order valence-corrected chi connectivity index (χ4v) is 2.83. The maximum Gasteiger partial charge on any atom is 0.266 e. The first-order valence-corrected chi connectivity index (χ1v) is 6.64. The van der Waals surface area contributed by atoms with Crippen molar-refractivity contribution in [3.63, 3.8) is 0 Å². The summed E-state index contributed by atoms with van der Waals surface area (Å²) >= 11 is 1.33. The Labute approximate surface area is 115 Å². The van der Waals surface area contributed by atoms with E-state index in [1.54, 1.807) is 30.4 Å². The molecule has 98 valence electrons. The number of nitriles is 1.